The van der Waals surface area contributed by atoms with E-state index in [1.807, 2.05) is 29.4 Å². The van der Waals surface area contributed by atoms with Crippen molar-refractivity contribution < 1.29 is 9.59 Å². The third-order valence-corrected chi connectivity index (χ3v) is 6.80. The second-order valence-corrected chi connectivity index (χ2v) is 8.92. The molecule has 1 N–H and O–H groups in total. The van der Waals surface area contributed by atoms with Crippen LogP contribution in [-0.2, 0) is 4.79 Å². The highest BCUT2D eigenvalue weighted by atomic mass is 32.1. The van der Waals surface area contributed by atoms with Gasteiger partial charge in [-0.05, 0) is 32.3 Å². The Labute approximate surface area is 167 Å². The number of amides is 2. The highest BCUT2D eigenvalue weighted by Gasteiger charge is 2.42. The Balaban J connectivity index is 1.68. The molecule has 2 bridgehead atoms. The molecular formula is C20H24N4O3S. The largest absolute Gasteiger partial charge is 0.354 e. The van der Waals surface area contributed by atoms with Crippen LogP contribution in [-0.4, -0.2) is 45.9 Å². The van der Waals surface area contributed by atoms with Crippen molar-refractivity contribution in [2.75, 3.05) is 19.6 Å². The average Bonchev–Trinajstić information content (AvgIpc) is 2.99. The van der Waals surface area contributed by atoms with Crippen LogP contribution in [0.3, 0.4) is 0 Å². The molecule has 2 aliphatic rings. The number of pyridine rings is 1. The molecule has 0 saturated carbocycles. The van der Waals surface area contributed by atoms with Gasteiger partial charge in [0.15, 0.2) is 0 Å². The molecule has 2 amide bonds. The van der Waals surface area contributed by atoms with E-state index in [2.05, 4.69) is 10.3 Å². The molecule has 0 aromatic carbocycles. The number of hydrogen-bond acceptors (Lipinski definition) is 5. The fourth-order valence-electron chi connectivity index (χ4n) is 4.59. The van der Waals surface area contributed by atoms with Gasteiger partial charge in [-0.25, -0.2) is 4.98 Å². The Hall–Kier alpha value is -2.48. The van der Waals surface area contributed by atoms with Crippen molar-refractivity contribution in [2.45, 2.75) is 39.2 Å². The number of aryl methyl sites for hydroxylation is 2. The summed E-state index contributed by atoms with van der Waals surface area (Å²) in [7, 11) is 0. The fraction of sp³-hybridized carbons (Fsp3) is 0.500. The number of carbonyl (C=O) groups is 2. The quantitative estimate of drug-likeness (QED) is 0.852. The number of thiazole rings is 1. The van der Waals surface area contributed by atoms with E-state index < -0.39 is 0 Å². The summed E-state index contributed by atoms with van der Waals surface area (Å²) >= 11 is 1.43. The second kappa shape index (κ2) is 7.16. The van der Waals surface area contributed by atoms with Gasteiger partial charge in [0.2, 0.25) is 5.91 Å². The molecule has 7 nitrogen and oxygen atoms in total. The minimum absolute atomic E-state index is 0.0165. The second-order valence-electron chi connectivity index (χ2n) is 7.71. The molecule has 8 heteroatoms. The van der Waals surface area contributed by atoms with Gasteiger partial charge in [-0.3, -0.25) is 14.4 Å². The van der Waals surface area contributed by atoms with Crippen molar-refractivity contribution in [1.29, 1.82) is 0 Å². The van der Waals surface area contributed by atoms with Crippen LogP contribution in [0.1, 0.15) is 51.4 Å². The van der Waals surface area contributed by atoms with Crippen LogP contribution in [0.2, 0.25) is 0 Å². The first-order valence-corrected chi connectivity index (χ1v) is 10.4. The number of rotatable bonds is 3. The molecule has 2 aromatic heterocycles. The smallest absolute Gasteiger partial charge is 0.265 e. The molecule has 3 atom stereocenters. The lowest BCUT2D eigenvalue weighted by molar-refractivity contribution is -0.119. The van der Waals surface area contributed by atoms with E-state index in [1.54, 1.807) is 12.1 Å². The number of fused-ring (bicyclic) bond motifs is 4. The molecule has 1 fully saturated rings. The number of piperidine rings is 1. The van der Waals surface area contributed by atoms with Crippen molar-refractivity contribution in [3.63, 3.8) is 0 Å². The summed E-state index contributed by atoms with van der Waals surface area (Å²) in [6.07, 6.45) is 0.915. The molecule has 0 spiro atoms. The Bertz CT molecular complexity index is 996. The highest BCUT2D eigenvalue weighted by molar-refractivity contribution is 7.13. The molecule has 0 unspecified atom stereocenters. The van der Waals surface area contributed by atoms with Gasteiger partial charge >= 0.3 is 0 Å². The first-order chi connectivity index (χ1) is 13.3. The van der Waals surface area contributed by atoms with Crippen LogP contribution < -0.4 is 10.9 Å². The lowest BCUT2D eigenvalue weighted by atomic mass is 9.78. The summed E-state index contributed by atoms with van der Waals surface area (Å²) in [5, 5.41) is 3.75. The normalized spacial score (nSPS) is 23.2. The zero-order valence-corrected chi connectivity index (χ0v) is 17.1. The van der Waals surface area contributed by atoms with E-state index in [0.717, 1.165) is 22.8 Å². The van der Waals surface area contributed by atoms with Gasteiger partial charge in [0.05, 0.1) is 16.7 Å². The van der Waals surface area contributed by atoms with Crippen molar-refractivity contribution in [3.05, 3.63) is 49.8 Å². The average molecular weight is 401 g/mol. The zero-order chi connectivity index (χ0) is 20.0. The molecule has 4 rings (SSSR count). The van der Waals surface area contributed by atoms with Gasteiger partial charge in [-0.2, -0.15) is 0 Å². The fourth-order valence-corrected chi connectivity index (χ4v) is 5.48. The maximum Gasteiger partial charge on any atom is 0.265 e. The topological polar surface area (TPSA) is 84.3 Å². The van der Waals surface area contributed by atoms with Crippen molar-refractivity contribution in [2.24, 2.45) is 5.92 Å². The number of aromatic nitrogens is 2. The third kappa shape index (κ3) is 3.26. The number of carbonyl (C=O) groups excluding carboxylic acids is 2. The highest BCUT2D eigenvalue weighted by Crippen LogP contribution is 2.41. The van der Waals surface area contributed by atoms with E-state index in [4.69, 9.17) is 0 Å². The van der Waals surface area contributed by atoms with E-state index >= 15 is 0 Å². The lowest BCUT2D eigenvalue weighted by Gasteiger charge is -2.47. The number of nitrogens with one attached hydrogen (secondary N) is 1. The van der Waals surface area contributed by atoms with Crippen LogP contribution in [0.4, 0.5) is 0 Å². The minimum atomic E-state index is -0.149. The summed E-state index contributed by atoms with van der Waals surface area (Å²) in [5.41, 5.74) is 1.68. The molecule has 1 saturated heterocycles. The maximum atomic E-state index is 13.2. The van der Waals surface area contributed by atoms with E-state index in [0.29, 0.717) is 24.5 Å². The van der Waals surface area contributed by atoms with Crippen LogP contribution in [0.15, 0.2) is 23.0 Å². The van der Waals surface area contributed by atoms with Crippen molar-refractivity contribution in [3.8, 4) is 0 Å². The van der Waals surface area contributed by atoms with Gasteiger partial charge in [0, 0.05) is 44.2 Å². The molecule has 2 aromatic rings. The number of hydrogen-bond donors (Lipinski definition) is 1. The predicted octanol–water partition coefficient (Wildman–Crippen LogP) is 1.86. The monoisotopic (exact) mass is 400 g/mol. The number of nitrogens with zero attached hydrogens (tertiary/aromatic N) is 3. The predicted molar refractivity (Wildman–Crippen MR) is 107 cm³/mol. The van der Waals surface area contributed by atoms with Gasteiger partial charge in [-0.1, -0.05) is 6.07 Å². The van der Waals surface area contributed by atoms with Gasteiger partial charge < -0.3 is 14.8 Å². The summed E-state index contributed by atoms with van der Waals surface area (Å²) in [6, 6.07) is 5.17. The SMILES string of the molecule is CC(=O)NC[C@H]1[C@H]2C[C@H](CN(C(=O)c3sc(C)nc3C)C2)c2cccc(=O)n21. The molecule has 148 valence electrons. The maximum absolute atomic E-state index is 13.2. The van der Waals surface area contributed by atoms with Crippen molar-refractivity contribution in [1.82, 2.24) is 19.8 Å². The zero-order valence-electron chi connectivity index (χ0n) is 16.3. The molecule has 0 aliphatic carbocycles. The molecule has 0 radical (unpaired) electrons. The molecule has 4 heterocycles. The molecular weight excluding hydrogens is 376 g/mol. The third-order valence-electron chi connectivity index (χ3n) is 5.74. The van der Waals surface area contributed by atoms with Crippen LogP contribution in [0.5, 0.6) is 0 Å². The Morgan fingerprint density at radius 1 is 1.29 bits per heavy atom. The first kappa shape index (κ1) is 18.9. The molecule has 2 aliphatic heterocycles. The van der Waals surface area contributed by atoms with Crippen LogP contribution in [0.25, 0.3) is 0 Å². The Kier molecular flexibility index (Phi) is 4.82. The standard InChI is InChI=1S/C20H24N4O3S/c1-11-19(28-13(3)22-11)20(27)23-9-14-7-15(10-23)17(8-21-12(2)25)24-16(14)5-4-6-18(24)26/h4-6,14-15,17H,7-10H2,1-3H3,(H,21,25)/t14-,15+,17+/m1/s1. The summed E-state index contributed by atoms with van der Waals surface area (Å²) < 4.78 is 1.83. The lowest BCUT2D eigenvalue weighted by Crippen LogP contribution is -2.53. The summed E-state index contributed by atoms with van der Waals surface area (Å²) in [5.74, 6) is 0.144. The van der Waals surface area contributed by atoms with Gasteiger partial charge in [0.25, 0.3) is 11.5 Å². The van der Waals surface area contributed by atoms with E-state index in [9.17, 15) is 14.4 Å². The van der Waals surface area contributed by atoms with Crippen LogP contribution in [0, 0.1) is 19.8 Å². The first-order valence-electron chi connectivity index (χ1n) is 9.54. The minimum Gasteiger partial charge on any atom is -0.354 e. The van der Waals surface area contributed by atoms with Gasteiger partial charge in [0.1, 0.15) is 4.88 Å². The summed E-state index contributed by atoms with van der Waals surface area (Å²) in [4.78, 5) is 44.2. The van der Waals surface area contributed by atoms with E-state index in [1.165, 1.54) is 18.3 Å². The number of likely N-dealkylation sites (tertiary alicyclic amines) is 1. The summed E-state index contributed by atoms with van der Waals surface area (Å²) in [6.45, 7) is 6.83. The van der Waals surface area contributed by atoms with Crippen LogP contribution >= 0.6 is 11.3 Å². The van der Waals surface area contributed by atoms with Gasteiger partial charge in [-0.15, -0.1) is 11.3 Å². The Morgan fingerprint density at radius 3 is 2.75 bits per heavy atom. The van der Waals surface area contributed by atoms with Crippen molar-refractivity contribution >= 4 is 23.2 Å². The Morgan fingerprint density at radius 2 is 2.07 bits per heavy atom. The van der Waals surface area contributed by atoms with E-state index in [-0.39, 0.29) is 35.3 Å². The molecule has 28 heavy (non-hydrogen) atoms.